The lowest BCUT2D eigenvalue weighted by Crippen LogP contribution is -2.42. The molecule has 0 spiro atoms. The molecule has 0 radical (unpaired) electrons. The number of halogens is 2. The van der Waals surface area contributed by atoms with E-state index in [1.807, 2.05) is 0 Å². The Morgan fingerprint density at radius 3 is 2.48 bits per heavy atom. The SMILES string of the molecule is CS(=O)(=O)Nc1ccccc1Nc1nc(Nc2cc(C(=O)N3CCC3)ccc2F)ncc1Cl. The minimum Gasteiger partial charge on any atom is -0.339 e. The van der Waals surface area contributed by atoms with Crippen LogP contribution in [0, 0.1) is 5.82 Å². The molecule has 1 aliphatic heterocycles. The molecule has 0 aliphatic carbocycles. The minimum absolute atomic E-state index is 0.0305. The second-order valence-electron chi connectivity index (χ2n) is 7.40. The normalized spacial score (nSPS) is 13.2. The highest BCUT2D eigenvalue weighted by atomic mass is 35.5. The van der Waals surface area contributed by atoms with E-state index < -0.39 is 15.8 Å². The number of hydrogen-bond donors (Lipinski definition) is 3. The van der Waals surface area contributed by atoms with Crippen LogP contribution in [0.4, 0.5) is 33.2 Å². The number of rotatable bonds is 7. The molecular formula is C21H20ClFN6O3S. The Kier molecular flexibility index (Phi) is 6.34. The van der Waals surface area contributed by atoms with Crippen LogP contribution in [0.2, 0.25) is 5.02 Å². The van der Waals surface area contributed by atoms with Gasteiger partial charge in [-0.1, -0.05) is 23.7 Å². The second kappa shape index (κ2) is 9.20. The summed E-state index contributed by atoms with van der Waals surface area (Å²) in [6.45, 7) is 1.37. The third-order valence-electron chi connectivity index (χ3n) is 4.82. The largest absolute Gasteiger partial charge is 0.339 e. The zero-order valence-electron chi connectivity index (χ0n) is 17.5. The lowest BCUT2D eigenvalue weighted by atomic mass is 10.1. The summed E-state index contributed by atoms with van der Waals surface area (Å²) in [7, 11) is -3.51. The Hall–Kier alpha value is -3.44. The van der Waals surface area contributed by atoms with E-state index in [4.69, 9.17) is 11.6 Å². The number of sulfonamides is 1. The van der Waals surface area contributed by atoms with Gasteiger partial charge in [-0.05, 0) is 36.8 Å². The van der Waals surface area contributed by atoms with Gasteiger partial charge >= 0.3 is 0 Å². The van der Waals surface area contributed by atoms with Crippen molar-refractivity contribution in [1.29, 1.82) is 0 Å². The quantitative estimate of drug-likeness (QED) is 0.458. The topological polar surface area (TPSA) is 116 Å². The molecule has 3 N–H and O–H groups in total. The van der Waals surface area contributed by atoms with Crippen LogP contribution in [-0.4, -0.2) is 48.5 Å². The number of amides is 1. The number of anilines is 5. The summed E-state index contributed by atoms with van der Waals surface area (Å²) in [6, 6.07) is 10.6. The Balaban J connectivity index is 1.58. The first-order valence-electron chi connectivity index (χ1n) is 9.92. The van der Waals surface area contributed by atoms with Gasteiger partial charge in [0, 0.05) is 18.7 Å². The lowest BCUT2D eigenvalue weighted by Gasteiger charge is -2.31. The van der Waals surface area contributed by atoms with Gasteiger partial charge < -0.3 is 15.5 Å². The van der Waals surface area contributed by atoms with Crippen molar-refractivity contribution in [3.63, 3.8) is 0 Å². The van der Waals surface area contributed by atoms with E-state index >= 15 is 0 Å². The molecule has 1 saturated heterocycles. The molecule has 33 heavy (non-hydrogen) atoms. The summed E-state index contributed by atoms with van der Waals surface area (Å²) >= 11 is 6.21. The number of benzene rings is 2. The maximum Gasteiger partial charge on any atom is 0.253 e. The molecular weight excluding hydrogens is 471 g/mol. The number of carbonyl (C=O) groups is 1. The Bertz CT molecular complexity index is 1320. The fraction of sp³-hybridized carbons (Fsp3) is 0.190. The molecule has 0 saturated carbocycles. The van der Waals surface area contributed by atoms with E-state index in [2.05, 4.69) is 25.3 Å². The van der Waals surface area contributed by atoms with Crippen LogP contribution in [-0.2, 0) is 10.0 Å². The predicted octanol–water partition coefficient (Wildman–Crippen LogP) is 3.97. The second-order valence-corrected chi connectivity index (χ2v) is 9.56. The highest BCUT2D eigenvalue weighted by Crippen LogP contribution is 2.30. The standard InChI is InChI=1S/C21H20ClFN6O3S/c1-33(31,32)28-17-6-3-2-5-16(17)25-19-14(22)12-24-21(27-19)26-18-11-13(7-8-15(18)23)20(30)29-9-4-10-29/h2-3,5-8,11-12,28H,4,9-10H2,1H3,(H2,24,25,26,27). The molecule has 1 amide bonds. The van der Waals surface area contributed by atoms with Gasteiger partial charge in [-0.3, -0.25) is 9.52 Å². The van der Waals surface area contributed by atoms with Gasteiger partial charge in [-0.15, -0.1) is 0 Å². The summed E-state index contributed by atoms with van der Waals surface area (Å²) in [5, 5.41) is 5.89. The van der Waals surface area contributed by atoms with Crippen molar-refractivity contribution in [2.24, 2.45) is 0 Å². The van der Waals surface area contributed by atoms with Crippen molar-refractivity contribution in [2.45, 2.75) is 6.42 Å². The zero-order chi connectivity index (χ0) is 23.6. The Labute approximate surface area is 195 Å². The lowest BCUT2D eigenvalue weighted by molar-refractivity contribution is 0.0652. The maximum atomic E-state index is 14.4. The van der Waals surface area contributed by atoms with E-state index in [1.165, 1.54) is 24.4 Å². The van der Waals surface area contributed by atoms with E-state index in [9.17, 15) is 17.6 Å². The van der Waals surface area contributed by atoms with Crippen LogP contribution in [0.15, 0.2) is 48.7 Å². The van der Waals surface area contributed by atoms with Crippen LogP contribution in [0.3, 0.4) is 0 Å². The number of aromatic nitrogens is 2. The van der Waals surface area contributed by atoms with Gasteiger partial charge in [-0.2, -0.15) is 4.98 Å². The molecule has 2 heterocycles. The molecule has 0 bridgehead atoms. The van der Waals surface area contributed by atoms with Crippen molar-refractivity contribution >= 4 is 56.4 Å². The first kappa shape index (κ1) is 22.7. The molecule has 0 atom stereocenters. The number of nitrogens with zero attached hydrogens (tertiary/aromatic N) is 3. The first-order valence-corrected chi connectivity index (χ1v) is 12.2. The minimum atomic E-state index is -3.51. The zero-order valence-corrected chi connectivity index (χ0v) is 19.0. The summed E-state index contributed by atoms with van der Waals surface area (Å²) < 4.78 is 40.1. The third-order valence-corrected chi connectivity index (χ3v) is 5.69. The average Bonchev–Trinajstić information content (AvgIpc) is 2.71. The van der Waals surface area contributed by atoms with Crippen molar-refractivity contribution in [1.82, 2.24) is 14.9 Å². The van der Waals surface area contributed by atoms with Gasteiger partial charge in [0.05, 0.1) is 29.5 Å². The highest BCUT2D eigenvalue weighted by Gasteiger charge is 2.22. The first-order chi connectivity index (χ1) is 15.7. The monoisotopic (exact) mass is 490 g/mol. The van der Waals surface area contributed by atoms with Gasteiger partial charge in [0.2, 0.25) is 16.0 Å². The van der Waals surface area contributed by atoms with Gasteiger partial charge in [0.15, 0.2) is 5.82 Å². The third kappa shape index (κ3) is 5.49. The predicted molar refractivity (Wildman–Crippen MR) is 125 cm³/mol. The van der Waals surface area contributed by atoms with E-state index in [0.29, 0.717) is 30.0 Å². The molecule has 12 heteroatoms. The number of likely N-dealkylation sites (tertiary alicyclic amines) is 1. The molecule has 172 valence electrons. The van der Waals surface area contributed by atoms with Crippen molar-refractivity contribution in [3.05, 3.63) is 65.1 Å². The van der Waals surface area contributed by atoms with Crippen LogP contribution < -0.4 is 15.4 Å². The van der Waals surface area contributed by atoms with Crippen molar-refractivity contribution in [2.75, 3.05) is 34.7 Å². The number of nitrogens with one attached hydrogen (secondary N) is 3. The Morgan fingerprint density at radius 2 is 1.82 bits per heavy atom. The Morgan fingerprint density at radius 1 is 1.09 bits per heavy atom. The van der Waals surface area contributed by atoms with Crippen molar-refractivity contribution < 1.29 is 17.6 Å². The summed E-state index contributed by atoms with van der Waals surface area (Å²) in [5.41, 5.74) is 1.09. The summed E-state index contributed by atoms with van der Waals surface area (Å²) in [5.74, 6) is -0.544. The van der Waals surface area contributed by atoms with Crippen molar-refractivity contribution in [3.8, 4) is 0 Å². The fourth-order valence-corrected chi connectivity index (χ4v) is 3.82. The van der Waals surface area contributed by atoms with Crippen LogP contribution in [0.1, 0.15) is 16.8 Å². The van der Waals surface area contributed by atoms with Gasteiger partial charge in [-0.25, -0.2) is 17.8 Å². The smallest absolute Gasteiger partial charge is 0.253 e. The fourth-order valence-electron chi connectivity index (χ4n) is 3.10. The maximum absolute atomic E-state index is 14.4. The molecule has 3 aromatic rings. The summed E-state index contributed by atoms with van der Waals surface area (Å²) in [4.78, 5) is 22.5. The molecule has 0 unspecified atom stereocenters. The van der Waals surface area contributed by atoms with Crippen LogP contribution >= 0.6 is 11.6 Å². The van der Waals surface area contributed by atoms with Crippen LogP contribution in [0.5, 0.6) is 0 Å². The molecule has 9 nitrogen and oxygen atoms in total. The number of hydrogen-bond acceptors (Lipinski definition) is 7. The van der Waals surface area contributed by atoms with E-state index in [-0.39, 0.29) is 28.4 Å². The molecule has 2 aromatic carbocycles. The number of para-hydroxylation sites is 2. The average molecular weight is 491 g/mol. The van der Waals surface area contributed by atoms with Gasteiger partial charge in [0.1, 0.15) is 10.8 Å². The number of carbonyl (C=O) groups excluding carboxylic acids is 1. The van der Waals surface area contributed by atoms with E-state index in [1.54, 1.807) is 29.2 Å². The van der Waals surface area contributed by atoms with E-state index in [0.717, 1.165) is 12.7 Å². The molecule has 1 fully saturated rings. The summed E-state index contributed by atoms with van der Waals surface area (Å²) in [6.07, 6.45) is 3.31. The highest BCUT2D eigenvalue weighted by molar-refractivity contribution is 7.92. The molecule has 4 rings (SSSR count). The van der Waals surface area contributed by atoms with Crippen LogP contribution in [0.25, 0.3) is 0 Å². The van der Waals surface area contributed by atoms with Gasteiger partial charge in [0.25, 0.3) is 5.91 Å². The molecule has 1 aliphatic rings. The molecule has 1 aromatic heterocycles.